The summed E-state index contributed by atoms with van der Waals surface area (Å²) in [7, 11) is -2.30. The minimum atomic E-state index is -3.88. The number of hydrogen-bond acceptors (Lipinski definition) is 11. The summed E-state index contributed by atoms with van der Waals surface area (Å²) < 4.78 is 46.3. The van der Waals surface area contributed by atoms with Gasteiger partial charge < -0.3 is 24.4 Å². The van der Waals surface area contributed by atoms with Gasteiger partial charge >= 0.3 is 5.97 Å². The van der Waals surface area contributed by atoms with E-state index in [0.29, 0.717) is 60.5 Å². The van der Waals surface area contributed by atoms with Crippen molar-refractivity contribution in [3.8, 4) is 11.6 Å². The summed E-state index contributed by atoms with van der Waals surface area (Å²) in [6.45, 7) is 0.0447. The number of aromatic nitrogens is 2. The van der Waals surface area contributed by atoms with Crippen molar-refractivity contribution in [2.45, 2.75) is 145 Å². The zero-order valence-corrected chi connectivity index (χ0v) is 33.6. The highest BCUT2D eigenvalue weighted by atomic mass is 32.2. The Morgan fingerprint density at radius 1 is 0.947 bits per heavy atom. The van der Waals surface area contributed by atoms with Gasteiger partial charge in [0.1, 0.15) is 35.2 Å². The number of nitrogens with one attached hydrogen (secondary N) is 2. The van der Waals surface area contributed by atoms with E-state index >= 15 is 0 Å². The van der Waals surface area contributed by atoms with Crippen LogP contribution in [-0.2, 0) is 40.4 Å². The summed E-state index contributed by atoms with van der Waals surface area (Å²) in [4.78, 5) is 68.1. The van der Waals surface area contributed by atoms with Crippen molar-refractivity contribution in [2.75, 3.05) is 13.7 Å². The first kappa shape index (κ1) is 39.6. The summed E-state index contributed by atoms with van der Waals surface area (Å²) in [5.74, 6) is -1.96. The second-order valence-electron chi connectivity index (χ2n) is 17.0. The molecule has 0 unspecified atom stereocenters. The molecule has 1 saturated heterocycles. The lowest BCUT2D eigenvalue weighted by Gasteiger charge is -2.29. The Kier molecular flexibility index (Phi) is 11.5. The quantitative estimate of drug-likeness (QED) is 0.319. The zero-order valence-electron chi connectivity index (χ0n) is 32.8. The highest BCUT2D eigenvalue weighted by molar-refractivity contribution is 7.91. The van der Waals surface area contributed by atoms with Crippen molar-refractivity contribution >= 4 is 44.7 Å². The summed E-state index contributed by atoms with van der Waals surface area (Å²) in [5, 5.41) is 2.32. The second kappa shape index (κ2) is 16.5. The fraction of sp³-hybridized carbons (Fsp3) is 0.667. The summed E-state index contributed by atoms with van der Waals surface area (Å²) in [6, 6.07) is 4.45. The molecule has 0 radical (unpaired) electrons. The van der Waals surface area contributed by atoms with Crippen molar-refractivity contribution in [1.29, 1.82) is 0 Å². The number of carbonyl (C=O) groups excluding carboxylic acids is 4. The fourth-order valence-corrected chi connectivity index (χ4v) is 10.7. The Bertz CT molecular complexity index is 2020. The van der Waals surface area contributed by atoms with Gasteiger partial charge in [-0.2, -0.15) is 0 Å². The second-order valence-corrected chi connectivity index (χ2v) is 19.0. The summed E-state index contributed by atoms with van der Waals surface area (Å²) in [6.07, 6.45) is 15.0. The first-order valence-electron chi connectivity index (χ1n) is 21.1. The molecule has 2 N–H and O–H groups in total. The number of amides is 3. The average Bonchev–Trinajstić information content (AvgIpc) is 4.08. The van der Waals surface area contributed by atoms with Gasteiger partial charge in [0.05, 0.1) is 36.4 Å². The molecule has 15 heteroatoms. The van der Waals surface area contributed by atoms with Gasteiger partial charge in [0.2, 0.25) is 27.7 Å². The lowest BCUT2D eigenvalue weighted by molar-refractivity contribution is -0.155. The fourth-order valence-electron chi connectivity index (χ4n) is 9.36. The van der Waals surface area contributed by atoms with Crippen molar-refractivity contribution in [2.24, 2.45) is 17.8 Å². The van der Waals surface area contributed by atoms with E-state index < -0.39 is 56.6 Å². The van der Waals surface area contributed by atoms with Crippen LogP contribution in [0.5, 0.6) is 11.6 Å². The third-order valence-corrected chi connectivity index (χ3v) is 14.7. The molecule has 6 aliphatic rings. The molecule has 57 heavy (non-hydrogen) atoms. The molecular weight excluding hydrogens is 751 g/mol. The normalized spacial score (nSPS) is 32.2. The van der Waals surface area contributed by atoms with Crippen LogP contribution in [-0.4, -0.2) is 89.7 Å². The Morgan fingerprint density at radius 2 is 1.75 bits per heavy atom. The third-order valence-electron chi connectivity index (χ3n) is 12.9. The van der Waals surface area contributed by atoms with Crippen LogP contribution < -0.4 is 19.5 Å². The average molecular weight is 806 g/mol. The van der Waals surface area contributed by atoms with Crippen molar-refractivity contribution < 1.29 is 41.8 Å². The van der Waals surface area contributed by atoms with Gasteiger partial charge in [-0.05, 0) is 95.1 Å². The van der Waals surface area contributed by atoms with E-state index in [9.17, 15) is 27.6 Å². The SMILES string of the molecule is COc1ccc2nc3c(nc2c1)O[C@@H]1C[C@H]2C(=O)N[C@]4(C(=O)NS(=O)(=O)C5CC5)C[C@H]4/C=C\CCCCC[C@H](CC(=O)O[C@@H]4CCC[C@H]4CCCCC3)C(=O)N2C1. The molecule has 14 nitrogen and oxygen atoms in total. The van der Waals surface area contributed by atoms with Crippen molar-refractivity contribution in [1.82, 2.24) is 24.9 Å². The molecule has 3 amide bonds. The molecular formula is C42H55N5O9S. The monoisotopic (exact) mass is 805 g/mol. The number of allylic oxidation sites excluding steroid dienone is 1. The topological polar surface area (TPSA) is 183 Å². The molecule has 3 bridgehead atoms. The van der Waals surface area contributed by atoms with Gasteiger partial charge in [0, 0.05) is 24.3 Å². The molecule has 1 aromatic carbocycles. The number of carbonyl (C=O) groups is 4. The number of methoxy groups -OCH3 is 1. The number of nitrogens with zero attached hydrogens (tertiary/aromatic N) is 3. The number of fused-ring (bicyclic) bond motifs is 6. The van der Waals surface area contributed by atoms with E-state index in [4.69, 9.17) is 24.2 Å². The maximum Gasteiger partial charge on any atom is 0.306 e. The molecule has 7 atom stereocenters. The highest BCUT2D eigenvalue weighted by Gasteiger charge is 2.62. The number of aryl methyl sites for hydroxylation is 1. The molecule has 4 heterocycles. The molecule has 0 spiro atoms. The van der Waals surface area contributed by atoms with E-state index in [1.807, 2.05) is 24.3 Å². The number of rotatable bonds is 4. The predicted molar refractivity (Wildman–Crippen MR) is 209 cm³/mol. The number of hydrogen-bond donors (Lipinski definition) is 2. The minimum Gasteiger partial charge on any atom is -0.497 e. The van der Waals surface area contributed by atoms with Gasteiger partial charge in [-0.15, -0.1) is 0 Å². The van der Waals surface area contributed by atoms with E-state index in [0.717, 1.165) is 64.2 Å². The lowest BCUT2D eigenvalue weighted by atomic mass is 9.94. The molecule has 8 rings (SSSR count). The molecule has 4 fully saturated rings. The Morgan fingerprint density at radius 3 is 2.58 bits per heavy atom. The van der Waals surface area contributed by atoms with Crippen LogP contribution in [0.1, 0.15) is 115 Å². The van der Waals surface area contributed by atoms with E-state index in [1.54, 1.807) is 13.2 Å². The van der Waals surface area contributed by atoms with Crippen LogP contribution in [0.15, 0.2) is 30.4 Å². The predicted octanol–water partition coefficient (Wildman–Crippen LogP) is 4.83. The smallest absolute Gasteiger partial charge is 0.306 e. The van der Waals surface area contributed by atoms with Gasteiger partial charge in [-0.25, -0.2) is 18.4 Å². The van der Waals surface area contributed by atoms with Crippen molar-refractivity contribution in [3.05, 3.63) is 36.0 Å². The van der Waals surface area contributed by atoms with E-state index in [1.165, 1.54) is 4.90 Å². The first-order chi connectivity index (χ1) is 27.5. The van der Waals surface area contributed by atoms with E-state index in [2.05, 4.69) is 10.0 Å². The lowest BCUT2D eigenvalue weighted by Crippen LogP contribution is -2.57. The first-order valence-corrected chi connectivity index (χ1v) is 22.6. The standard InChI is InChI=1S/C42H55N5O9S/c1-54-29-17-20-32-34(22-29)44-39-33(43-32)15-9-5-7-11-26-13-10-16-36(26)56-37(48)21-27-12-6-3-2-4-8-14-28-24-42(28,41(51)46-57(52,53)31-18-19-31)45-38(49)35-23-30(55-39)25-47(35)40(27)50/h8,14,17,20,22,26-28,30-31,35-36H,2-7,9-13,15-16,18-19,21,23-25H2,1H3,(H,45,49)(H,46,51)/b14-8-/t26-,27-,28-,30-,35+,36-,42-/m1/s1. The van der Waals surface area contributed by atoms with Crippen LogP contribution in [0.4, 0.5) is 0 Å². The Labute approximate surface area is 334 Å². The van der Waals surface area contributed by atoms with Crippen LogP contribution in [0.3, 0.4) is 0 Å². The molecule has 1 aromatic heterocycles. The largest absolute Gasteiger partial charge is 0.497 e. The zero-order chi connectivity index (χ0) is 39.7. The van der Waals surface area contributed by atoms with Gasteiger partial charge in [0.25, 0.3) is 5.91 Å². The molecule has 3 saturated carbocycles. The Hall–Kier alpha value is -4.27. The van der Waals surface area contributed by atoms with Crippen LogP contribution in [0, 0.1) is 17.8 Å². The molecule has 3 aliphatic carbocycles. The maximum atomic E-state index is 14.8. The van der Waals surface area contributed by atoms with Crippen LogP contribution >= 0.6 is 0 Å². The number of sulfonamides is 1. The molecule has 3 aliphatic heterocycles. The molecule has 308 valence electrons. The summed E-state index contributed by atoms with van der Waals surface area (Å²) >= 11 is 0. The van der Waals surface area contributed by atoms with Crippen LogP contribution in [0.25, 0.3) is 11.0 Å². The molecule has 2 aromatic rings. The van der Waals surface area contributed by atoms with Crippen LogP contribution in [0.2, 0.25) is 0 Å². The Balaban J connectivity index is 1.14. The van der Waals surface area contributed by atoms with Gasteiger partial charge in [-0.3, -0.25) is 23.9 Å². The highest BCUT2D eigenvalue weighted by Crippen LogP contribution is 2.46. The minimum absolute atomic E-state index is 0.0447. The van der Waals surface area contributed by atoms with Gasteiger partial charge in [0.15, 0.2) is 0 Å². The maximum absolute atomic E-state index is 14.8. The number of benzene rings is 1. The van der Waals surface area contributed by atoms with E-state index in [-0.39, 0.29) is 49.7 Å². The van der Waals surface area contributed by atoms with Gasteiger partial charge in [-0.1, -0.05) is 37.8 Å². The summed E-state index contributed by atoms with van der Waals surface area (Å²) in [5.41, 5.74) is 0.504. The number of ether oxygens (including phenoxy) is 3. The third kappa shape index (κ3) is 8.78. The number of esters is 1. The van der Waals surface area contributed by atoms with Crippen molar-refractivity contribution in [3.63, 3.8) is 0 Å².